The van der Waals surface area contributed by atoms with Crippen LogP contribution in [0.25, 0.3) is 21.9 Å². The topological polar surface area (TPSA) is 63.0 Å². The Labute approximate surface area is 165 Å². The standard InChI is InChI=1S/C21H21BrN4O/c1-11-24-18-15-9-14(22)6-7-17(15)25-19(18)20(27)26(11)23-10-12-4-5-13-8-16(12)21(13,2)3/h4,6-7,9-10,13,16,25H,5,8H2,1-3H3. The summed E-state index contributed by atoms with van der Waals surface area (Å²) in [6.07, 6.45) is 6.48. The van der Waals surface area contributed by atoms with E-state index in [1.54, 1.807) is 0 Å². The third-order valence-corrected chi connectivity index (χ3v) is 7.05. The van der Waals surface area contributed by atoms with Crippen LogP contribution in [0.1, 0.15) is 32.5 Å². The lowest BCUT2D eigenvalue weighted by Crippen LogP contribution is -2.48. The van der Waals surface area contributed by atoms with Gasteiger partial charge in [-0.15, -0.1) is 0 Å². The van der Waals surface area contributed by atoms with Crippen molar-refractivity contribution in [1.29, 1.82) is 0 Å². The molecule has 2 aromatic heterocycles. The normalized spacial score (nSPS) is 23.8. The number of allylic oxidation sites excluding steroid dienone is 2. The molecular formula is C21H21BrN4O. The number of nitrogens with zero attached hydrogens (tertiary/aromatic N) is 3. The van der Waals surface area contributed by atoms with Crippen molar-refractivity contribution in [2.45, 2.75) is 33.6 Å². The van der Waals surface area contributed by atoms with Gasteiger partial charge in [-0.1, -0.05) is 35.9 Å². The van der Waals surface area contributed by atoms with E-state index in [9.17, 15) is 4.79 Å². The molecule has 5 nitrogen and oxygen atoms in total. The molecule has 0 spiro atoms. The van der Waals surface area contributed by atoms with E-state index in [4.69, 9.17) is 0 Å². The Morgan fingerprint density at radius 2 is 2.22 bits per heavy atom. The van der Waals surface area contributed by atoms with E-state index >= 15 is 0 Å². The van der Waals surface area contributed by atoms with Gasteiger partial charge in [0.1, 0.15) is 16.9 Å². The largest absolute Gasteiger partial charge is 0.349 e. The van der Waals surface area contributed by atoms with E-state index in [0.717, 1.165) is 27.7 Å². The average Bonchev–Trinajstić information content (AvgIpc) is 2.99. The van der Waals surface area contributed by atoms with Gasteiger partial charge in [0, 0.05) is 15.4 Å². The van der Waals surface area contributed by atoms with Crippen molar-refractivity contribution in [2.24, 2.45) is 22.4 Å². The zero-order valence-corrected chi connectivity index (χ0v) is 17.2. The maximum absolute atomic E-state index is 13.0. The lowest BCUT2D eigenvalue weighted by Gasteiger charge is -2.55. The van der Waals surface area contributed by atoms with Crippen LogP contribution in [-0.2, 0) is 0 Å². The van der Waals surface area contributed by atoms with E-state index in [1.807, 2.05) is 31.3 Å². The van der Waals surface area contributed by atoms with Gasteiger partial charge in [-0.05, 0) is 60.8 Å². The Balaban J connectivity index is 1.61. The summed E-state index contributed by atoms with van der Waals surface area (Å²) < 4.78 is 2.37. The van der Waals surface area contributed by atoms with Crippen LogP contribution in [0.5, 0.6) is 0 Å². The van der Waals surface area contributed by atoms with E-state index in [-0.39, 0.29) is 5.56 Å². The van der Waals surface area contributed by atoms with Gasteiger partial charge >= 0.3 is 0 Å². The van der Waals surface area contributed by atoms with Crippen LogP contribution >= 0.6 is 15.9 Å². The second-order valence-corrected chi connectivity index (χ2v) is 9.22. The number of aryl methyl sites for hydroxylation is 1. The smallest absolute Gasteiger partial charge is 0.298 e. The molecule has 3 aromatic rings. The molecule has 1 fully saturated rings. The number of benzene rings is 1. The molecule has 6 rings (SSSR count). The van der Waals surface area contributed by atoms with E-state index < -0.39 is 0 Å². The summed E-state index contributed by atoms with van der Waals surface area (Å²) in [6, 6.07) is 5.88. The third-order valence-electron chi connectivity index (χ3n) is 6.55. The second kappa shape index (κ2) is 5.64. The number of H-pyrrole nitrogens is 1. The van der Waals surface area contributed by atoms with E-state index in [2.05, 4.69) is 50.9 Å². The minimum absolute atomic E-state index is 0.164. The van der Waals surface area contributed by atoms with Gasteiger partial charge in [-0.3, -0.25) is 4.79 Å². The van der Waals surface area contributed by atoms with Crippen LogP contribution in [-0.4, -0.2) is 20.9 Å². The fraction of sp³-hybridized carbons (Fsp3) is 0.381. The highest BCUT2D eigenvalue weighted by Gasteiger charge is 2.50. The van der Waals surface area contributed by atoms with Gasteiger partial charge in [0.2, 0.25) is 0 Å². The fourth-order valence-corrected chi connectivity index (χ4v) is 5.05. The molecule has 1 aromatic carbocycles. The molecule has 3 aliphatic rings. The van der Waals surface area contributed by atoms with Crippen molar-refractivity contribution in [3.8, 4) is 0 Å². The molecule has 6 heteroatoms. The molecule has 1 N–H and O–H groups in total. The molecule has 0 aliphatic heterocycles. The number of rotatable bonds is 2. The SMILES string of the molecule is Cc1nc2c([nH]c3ccc(Br)cc32)c(=O)n1N=CC1=CCC2CC1C2(C)C. The average molecular weight is 425 g/mol. The number of nitrogens with one attached hydrogen (secondary N) is 1. The van der Waals surface area contributed by atoms with Gasteiger partial charge in [0.25, 0.3) is 5.56 Å². The van der Waals surface area contributed by atoms with Crippen molar-refractivity contribution < 1.29 is 0 Å². The van der Waals surface area contributed by atoms with Gasteiger partial charge in [0.15, 0.2) is 0 Å². The fourth-order valence-electron chi connectivity index (χ4n) is 4.69. The highest BCUT2D eigenvalue weighted by Crippen LogP contribution is 2.58. The van der Waals surface area contributed by atoms with Crippen molar-refractivity contribution >= 4 is 44.1 Å². The number of aromatic amines is 1. The Kier molecular flexibility index (Phi) is 3.54. The van der Waals surface area contributed by atoms with Gasteiger partial charge in [-0.2, -0.15) is 9.78 Å². The molecule has 0 radical (unpaired) electrons. The molecule has 138 valence electrons. The quantitative estimate of drug-likeness (QED) is 0.601. The van der Waals surface area contributed by atoms with Crippen LogP contribution in [0, 0.1) is 24.2 Å². The number of aromatic nitrogens is 3. The van der Waals surface area contributed by atoms with Gasteiger partial charge in [0.05, 0.1) is 6.21 Å². The molecule has 1 saturated carbocycles. The number of fused-ring (bicyclic) bond motifs is 4. The van der Waals surface area contributed by atoms with Crippen molar-refractivity contribution in [1.82, 2.24) is 14.6 Å². The first-order chi connectivity index (χ1) is 12.9. The summed E-state index contributed by atoms with van der Waals surface area (Å²) in [5.74, 6) is 1.91. The molecule has 2 heterocycles. The van der Waals surface area contributed by atoms with Gasteiger partial charge < -0.3 is 4.98 Å². The predicted octanol–water partition coefficient (Wildman–Crippen LogP) is 4.78. The van der Waals surface area contributed by atoms with Crippen LogP contribution in [0.2, 0.25) is 0 Å². The molecule has 3 aliphatic carbocycles. The van der Waals surface area contributed by atoms with Gasteiger partial charge in [-0.25, -0.2) is 4.98 Å². The number of halogens is 1. The molecule has 2 unspecified atom stereocenters. The van der Waals surface area contributed by atoms with Crippen molar-refractivity contribution in [3.05, 3.63) is 50.5 Å². The van der Waals surface area contributed by atoms with Crippen LogP contribution < -0.4 is 5.56 Å². The predicted molar refractivity (Wildman–Crippen MR) is 112 cm³/mol. The van der Waals surface area contributed by atoms with Crippen molar-refractivity contribution in [2.75, 3.05) is 0 Å². The molecule has 0 saturated heterocycles. The zero-order valence-electron chi connectivity index (χ0n) is 15.6. The first-order valence-electron chi connectivity index (χ1n) is 9.31. The van der Waals surface area contributed by atoms with E-state index in [1.165, 1.54) is 16.7 Å². The van der Waals surface area contributed by atoms with Crippen molar-refractivity contribution in [3.63, 3.8) is 0 Å². The minimum Gasteiger partial charge on any atom is -0.349 e. The summed E-state index contributed by atoms with van der Waals surface area (Å²) in [7, 11) is 0. The number of hydrogen-bond donors (Lipinski definition) is 1. The van der Waals surface area contributed by atoms with Crippen LogP contribution in [0.4, 0.5) is 0 Å². The lowest BCUT2D eigenvalue weighted by molar-refractivity contribution is -0.00127. The molecule has 2 atom stereocenters. The van der Waals surface area contributed by atoms with E-state index in [0.29, 0.717) is 28.2 Å². The zero-order chi connectivity index (χ0) is 18.9. The Bertz CT molecular complexity index is 1210. The maximum Gasteiger partial charge on any atom is 0.298 e. The summed E-state index contributed by atoms with van der Waals surface area (Å²) in [5, 5.41) is 5.46. The first-order valence-corrected chi connectivity index (χ1v) is 10.1. The molecule has 2 bridgehead atoms. The molecular weight excluding hydrogens is 404 g/mol. The van der Waals surface area contributed by atoms with Crippen LogP contribution in [0.15, 0.2) is 44.2 Å². The monoisotopic (exact) mass is 424 g/mol. The summed E-state index contributed by atoms with van der Waals surface area (Å²) in [4.78, 5) is 20.9. The Morgan fingerprint density at radius 3 is 2.96 bits per heavy atom. The Hall–Kier alpha value is -2.21. The second-order valence-electron chi connectivity index (χ2n) is 8.31. The highest BCUT2D eigenvalue weighted by molar-refractivity contribution is 9.10. The summed E-state index contributed by atoms with van der Waals surface area (Å²) in [5.41, 5.74) is 3.50. The highest BCUT2D eigenvalue weighted by atomic mass is 79.9. The third kappa shape index (κ3) is 2.39. The summed E-state index contributed by atoms with van der Waals surface area (Å²) >= 11 is 3.49. The van der Waals surface area contributed by atoms with Crippen LogP contribution in [0.3, 0.4) is 0 Å². The lowest BCUT2D eigenvalue weighted by atomic mass is 9.49. The maximum atomic E-state index is 13.0. The first kappa shape index (κ1) is 16.9. The summed E-state index contributed by atoms with van der Waals surface area (Å²) in [6.45, 7) is 6.49. The minimum atomic E-state index is -0.164. The number of hydrogen-bond acceptors (Lipinski definition) is 3. The Morgan fingerprint density at radius 1 is 1.41 bits per heavy atom. The molecule has 27 heavy (non-hydrogen) atoms. The molecule has 0 amide bonds.